The molecule has 7 nitrogen and oxygen atoms in total. The van der Waals surface area contributed by atoms with E-state index in [4.69, 9.17) is 4.74 Å². The number of carbonyl (C=O) groups excluding carboxylic acids is 3. The molecular weight excluding hydrogens is 398 g/mol. The Kier molecular flexibility index (Phi) is 4.95. The molecule has 0 saturated heterocycles. The lowest BCUT2D eigenvalue weighted by molar-refractivity contribution is -0.123. The first-order valence-corrected chi connectivity index (χ1v) is 10.7. The van der Waals surface area contributed by atoms with Crippen LogP contribution in [0, 0.1) is 6.92 Å². The maximum absolute atomic E-state index is 13.7. The minimum atomic E-state index is -1.47. The number of phenolic OH excluding ortho intramolecular Hbond substituents is 2. The van der Waals surface area contributed by atoms with E-state index in [2.05, 4.69) is 5.32 Å². The molecule has 1 heterocycles. The third-order valence-corrected chi connectivity index (χ3v) is 6.79. The molecule has 1 atom stereocenters. The van der Waals surface area contributed by atoms with Gasteiger partial charge in [0.2, 0.25) is 0 Å². The number of benzene rings is 1. The Hall–Kier alpha value is -3.09. The standard InChI is InChI=1S/C24H27NO6/c1-11-20(28)18(13(3)26)22-19(21(11)29)24(4)16(31-22)10-15(27)17(23(24)30)12(2)25-14-8-6-5-7-9-14/h10,14,25,28-29H,5-9H2,1-4H3/t24-/m0/s1. The number of aromatic hydroxyl groups is 2. The van der Waals surface area contributed by atoms with Crippen molar-refractivity contribution in [2.24, 2.45) is 0 Å². The van der Waals surface area contributed by atoms with Gasteiger partial charge in [-0.05, 0) is 40.5 Å². The Balaban J connectivity index is 1.87. The molecule has 0 amide bonds. The Bertz CT molecular complexity index is 1090. The Labute approximate surface area is 180 Å². The van der Waals surface area contributed by atoms with Crippen LogP contribution in [-0.4, -0.2) is 33.6 Å². The fourth-order valence-corrected chi connectivity index (χ4v) is 4.99. The second-order valence-electron chi connectivity index (χ2n) is 8.87. The topological polar surface area (TPSA) is 113 Å². The monoisotopic (exact) mass is 425 g/mol. The first kappa shape index (κ1) is 21.2. The van der Waals surface area contributed by atoms with Crippen molar-refractivity contribution in [1.29, 1.82) is 0 Å². The van der Waals surface area contributed by atoms with Crippen molar-refractivity contribution in [1.82, 2.24) is 5.32 Å². The molecule has 0 radical (unpaired) electrons. The minimum Gasteiger partial charge on any atom is -0.507 e. The van der Waals surface area contributed by atoms with Crippen LogP contribution in [0.25, 0.3) is 0 Å². The van der Waals surface area contributed by atoms with Gasteiger partial charge in [-0.15, -0.1) is 0 Å². The number of ketones is 3. The number of rotatable bonds is 3. The molecule has 0 bridgehead atoms. The summed E-state index contributed by atoms with van der Waals surface area (Å²) in [6.07, 6.45) is 6.62. The Morgan fingerprint density at radius 3 is 2.39 bits per heavy atom. The van der Waals surface area contributed by atoms with Crippen LogP contribution in [0.3, 0.4) is 0 Å². The summed E-state index contributed by atoms with van der Waals surface area (Å²) in [5, 5.41) is 24.6. The molecule has 2 aliphatic carbocycles. The van der Waals surface area contributed by atoms with Crippen LogP contribution >= 0.6 is 0 Å². The van der Waals surface area contributed by atoms with Gasteiger partial charge in [0, 0.05) is 23.4 Å². The predicted octanol–water partition coefficient (Wildman–Crippen LogP) is 3.49. The number of Topliss-reactive ketones (excluding diaryl/α,β-unsaturated/α-hetero) is 2. The highest BCUT2D eigenvalue weighted by Crippen LogP contribution is 2.57. The Morgan fingerprint density at radius 1 is 1.13 bits per heavy atom. The molecule has 1 fully saturated rings. The summed E-state index contributed by atoms with van der Waals surface area (Å²) in [5.74, 6) is -2.17. The highest BCUT2D eigenvalue weighted by Gasteiger charge is 2.56. The average molecular weight is 425 g/mol. The zero-order chi connectivity index (χ0) is 22.7. The van der Waals surface area contributed by atoms with Crippen LogP contribution in [0.2, 0.25) is 0 Å². The third-order valence-electron chi connectivity index (χ3n) is 6.79. The molecule has 1 aromatic carbocycles. The summed E-state index contributed by atoms with van der Waals surface area (Å²) < 4.78 is 5.78. The van der Waals surface area contributed by atoms with Crippen LogP contribution in [0.4, 0.5) is 0 Å². The molecule has 164 valence electrons. The molecule has 31 heavy (non-hydrogen) atoms. The number of carbonyl (C=O) groups is 3. The van der Waals surface area contributed by atoms with E-state index >= 15 is 0 Å². The van der Waals surface area contributed by atoms with Gasteiger partial charge in [0.15, 0.2) is 17.3 Å². The first-order valence-electron chi connectivity index (χ1n) is 10.7. The number of fused-ring (bicyclic) bond motifs is 3. The quantitative estimate of drug-likeness (QED) is 0.386. The number of hydrogen-bond donors (Lipinski definition) is 3. The van der Waals surface area contributed by atoms with E-state index < -0.39 is 28.5 Å². The van der Waals surface area contributed by atoms with E-state index in [0.29, 0.717) is 5.70 Å². The molecule has 0 spiro atoms. The molecule has 1 saturated carbocycles. The molecule has 1 aromatic rings. The van der Waals surface area contributed by atoms with Crippen LogP contribution in [0.5, 0.6) is 17.2 Å². The van der Waals surface area contributed by atoms with E-state index in [0.717, 1.165) is 25.7 Å². The summed E-state index contributed by atoms with van der Waals surface area (Å²) in [7, 11) is 0. The van der Waals surface area contributed by atoms with E-state index in [-0.39, 0.29) is 45.6 Å². The maximum atomic E-state index is 13.7. The molecular formula is C24H27NO6. The SMILES string of the molecule is CC(=O)c1c(O)c(C)c(O)c2c1OC1=CC(=O)C(=C(C)NC3CCCCC3)C(=O)[C@@]12C. The summed E-state index contributed by atoms with van der Waals surface area (Å²) >= 11 is 0. The first-order chi connectivity index (χ1) is 14.6. The van der Waals surface area contributed by atoms with Gasteiger partial charge in [-0.1, -0.05) is 19.3 Å². The van der Waals surface area contributed by atoms with Gasteiger partial charge in [-0.25, -0.2) is 0 Å². The van der Waals surface area contributed by atoms with E-state index in [1.807, 2.05) is 0 Å². The van der Waals surface area contributed by atoms with E-state index in [1.54, 1.807) is 13.8 Å². The Morgan fingerprint density at radius 2 is 1.77 bits per heavy atom. The van der Waals surface area contributed by atoms with Crippen molar-refractivity contribution < 1.29 is 29.3 Å². The van der Waals surface area contributed by atoms with E-state index in [9.17, 15) is 24.6 Å². The lowest BCUT2D eigenvalue weighted by Crippen LogP contribution is -2.42. The van der Waals surface area contributed by atoms with Crippen LogP contribution in [0.1, 0.15) is 74.4 Å². The molecule has 1 aliphatic heterocycles. The van der Waals surface area contributed by atoms with Gasteiger partial charge >= 0.3 is 0 Å². The van der Waals surface area contributed by atoms with Crippen LogP contribution < -0.4 is 10.1 Å². The lowest BCUT2D eigenvalue weighted by Gasteiger charge is -2.30. The smallest absolute Gasteiger partial charge is 0.194 e. The van der Waals surface area contributed by atoms with Crippen molar-refractivity contribution in [3.8, 4) is 17.2 Å². The largest absolute Gasteiger partial charge is 0.507 e. The van der Waals surface area contributed by atoms with Gasteiger partial charge in [-0.3, -0.25) is 14.4 Å². The molecule has 4 rings (SSSR count). The summed E-state index contributed by atoms with van der Waals surface area (Å²) in [4.78, 5) is 38.9. The predicted molar refractivity (Wildman–Crippen MR) is 113 cm³/mol. The van der Waals surface area contributed by atoms with Crippen molar-refractivity contribution >= 4 is 17.3 Å². The normalized spacial score (nSPS) is 24.8. The van der Waals surface area contributed by atoms with Crippen LogP contribution in [-0.2, 0) is 15.0 Å². The molecule has 0 unspecified atom stereocenters. The van der Waals surface area contributed by atoms with Crippen molar-refractivity contribution in [2.45, 2.75) is 71.3 Å². The fourth-order valence-electron chi connectivity index (χ4n) is 4.99. The van der Waals surface area contributed by atoms with E-state index in [1.165, 1.54) is 26.3 Å². The maximum Gasteiger partial charge on any atom is 0.194 e. The zero-order valence-electron chi connectivity index (χ0n) is 18.2. The molecule has 3 aliphatic rings. The summed E-state index contributed by atoms with van der Waals surface area (Å²) in [6.45, 7) is 6.03. The van der Waals surface area contributed by atoms with Crippen molar-refractivity contribution in [3.63, 3.8) is 0 Å². The van der Waals surface area contributed by atoms with Gasteiger partial charge in [0.05, 0.1) is 11.1 Å². The van der Waals surface area contributed by atoms with Gasteiger partial charge < -0.3 is 20.3 Å². The molecule has 0 aromatic heterocycles. The molecule has 3 N–H and O–H groups in total. The average Bonchev–Trinajstić information content (AvgIpc) is 3.00. The number of ether oxygens (including phenoxy) is 1. The van der Waals surface area contributed by atoms with Gasteiger partial charge in [0.1, 0.15) is 34.0 Å². The van der Waals surface area contributed by atoms with Crippen LogP contribution in [0.15, 0.2) is 23.1 Å². The van der Waals surface area contributed by atoms with Crippen molar-refractivity contribution in [2.75, 3.05) is 0 Å². The second-order valence-corrected chi connectivity index (χ2v) is 8.87. The third kappa shape index (κ3) is 2.98. The molecule has 7 heteroatoms. The highest BCUT2D eigenvalue weighted by atomic mass is 16.5. The fraction of sp³-hybridized carbons (Fsp3) is 0.458. The summed E-state index contributed by atoms with van der Waals surface area (Å²) in [5.41, 5.74) is -0.844. The van der Waals surface area contributed by atoms with Gasteiger partial charge in [0.25, 0.3) is 0 Å². The summed E-state index contributed by atoms with van der Waals surface area (Å²) in [6, 6.07) is 0.212. The number of allylic oxidation sites excluding steroid dienone is 4. The number of nitrogens with one attached hydrogen (secondary N) is 1. The van der Waals surface area contributed by atoms with Crippen molar-refractivity contribution in [3.05, 3.63) is 39.8 Å². The minimum absolute atomic E-state index is 0.0303. The number of hydrogen-bond acceptors (Lipinski definition) is 7. The van der Waals surface area contributed by atoms with Gasteiger partial charge in [-0.2, -0.15) is 0 Å². The zero-order valence-corrected chi connectivity index (χ0v) is 18.2. The second kappa shape index (κ2) is 7.25. The lowest BCUT2D eigenvalue weighted by atomic mass is 9.70. The number of phenols is 2. The highest BCUT2D eigenvalue weighted by molar-refractivity contribution is 6.31.